The third-order valence-corrected chi connectivity index (χ3v) is 2.97. The number of carboxylic acid groups (broad SMARTS) is 1. The molecule has 112 valence electrons. The van der Waals surface area contributed by atoms with Crippen LogP contribution in [0.4, 0.5) is 10.5 Å². The molecule has 0 unspecified atom stereocenters. The van der Waals surface area contributed by atoms with Gasteiger partial charge in [0, 0.05) is 0 Å². The summed E-state index contributed by atoms with van der Waals surface area (Å²) in [5.74, 6) is -0.963. The number of benzene rings is 1. The molecule has 6 nitrogen and oxygen atoms in total. The zero-order valence-corrected chi connectivity index (χ0v) is 12.4. The summed E-state index contributed by atoms with van der Waals surface area (Å²) in [4.78, 5) is 22.9. The molecule has 7 heteroatoms. The number of carbonyl (C=O) groups excluding carboxylic acids is 1. The molecule has 0 aliphatic rings. The molecule has 1 aromatic rings. The highest BCUT2D eigenvalue weighted by Crippen LogP contribution is 2.22. The number of hydrogen-bond acceptors (Lipinski definition) is 3. The van der Waals surface area contributed by atoms with Gasteiger partial charge in [0.1, 0.15) is 6.04 Å². The fourth-order valence-corrected chi connectivity index (χ4v) is 1.92. The Labute approximate surface area is 127 Å². The van der Waals surface area contributed by atoms with Gasteiger partial charge in [-0.25, -0.2) is 9.59 Å². The summed E-state index contributed by atoms with van der Waals surface area (Å²) < 4.78 is 0. The number of carboxylic acids is 1. The summed E-state index contributed by atoms with van der Waals surface area (Å²) in [5, 5.41) is 22.8. The van der Waals surface area contributed by atoms with Crippen LogP contribution in [0.3, 0.4) is 0 Å². The zero-order chi connectivity index (χ0) is 16.0. The van der Waals surface area contributed by atoms with Crippen LogP contribution in [0.15, 0.2) is 18.2 Å². The number of halogens is 1. The van der Waals surface area contributed by atoms with Crippen molar-refractivity contribution in [3.8, 4) is 6.07 Å². The van der Waals surface area contributed by atoms with E-state index in [1.54, 1.807) is 0 Å². The second-order valence-electron chi connectivity index (χ2n) is 4.93. The molecule has 0 aliphatic carbocycles. The molecular weight excluding hydrogens is 294 g/mol. The summed E-state index contributed by atoms with van der Waals surface area (Å²) in [7, 11) is 0. The van der Waals surface area contributed by atoms with Crippen LogP contribution in [0, 0.1) is 17.2 Å². The van der Waals surface area contributed by atoms with E-state index in [0.717, 1.165) is 0 Å². The molecule has 0 heterocycles. The summed E-state index contributed by atoms with van der Waals surface area (Å²) in [6, 6.07) is 4.70. The normalized spacial score (nSPS) is 11.6. The van der Waals surface area contributed by atoms with Crippen molar-refractivity contribution in [3.05, 3.63) is 28.8 Å². The topological polar surface area (TPSA) is 102 Å². The van der Waals surface area contributed by atoms with E-state index in [1.165, 1.54) is 18.2 Å². The number of rotatable bonds is 5. The Hall–Kier alpha value is -2.26. The second kappa shape index (κ2) is 7.50. The molecular formula is C14H16ClN3O3. The SMILES string of the molecule is CC(C)C[C@H](NC(=O)Nc1ccc(C#N)cc1Cl)C(=O)O. The molecule has 0 aliphatic heterocycles. The molecule has 1 rings (SSSR count). The number of hydrogen-bond donors (Lipinski definition) is 3. The highest BCUT2D eigenvalue weighted by atomic mass is 35.5. The van der Waals surface area contributed by atoms with Gasteiger partial charge in [0.05, 0.1) is 22.3 Å². The summed E-state index contributed by atoms with van der Waals surface area (Å²) in [5.41, 5.74) is 0.677. The number of nitrogens with one attached hydrogen (secondary N) is 2. The number of nitriles is 1. The number of anilines is 1. The van der Waals surface area contributed by atoms with E-state index in [0.29, 0.717) is 17.7 Å². The van der Waals surface area contributed by atoms with Crippen LogP contribution in [-0.4, -0.2) is 23.1 Å². The van der Waals surface area contributed by atoms with Crippen molar-refractivity contribution in [3.63, 3.8) is 0 Å². The smallest absolute Gasteiger partial charge is 0.326 e. The van der Waals surface area contributed by atoms with Crippen molar-refractivity contribution >= 4 is 29.3 Å². The van der Waals surface area contributed by atoms with Crippen molar-refractivity contribution in [1.29, 1.82) is 5.26 Å². The van der Waals surface area contributed by atoms with Gasteiger partial charge in [0.15, 0.2) is 0 Å². The Balaban J connectivity index is 2.72. The average molecular weight is 310 g/mol. The van der Waals surface area contributed by atoms with E-state index in [1.807, 2.05) is 19.9 Å². The van der Waals surface area contributed by atoms with Crippen LogP contribution in [-0.2, 0) is 4.79 Å². The van der Waals surface area contributed by atoms with Gasteiger partial charge >= 0.3 is 12.0 Å². The van der Waals surface area contributed by atoms with Gasteiger partial charge < -0.3 is 15.7 Å². The molecule has 21 heavy (non-hydrogen) atoms. The van der Waals surface area contributed by atoms with Crippen LogP contribution in [0.5, 0.6) is 0 Å². The zero-order valence-electron chi connectivity index (χ0n) is 11.7. The lowest BCUT2D eigenvalue weighted by molar-refractivity contribution is -0.139. The van der Waals surface area contributed by atoms with E-state index in [-0.39, 0.29) is 10.9 Å². The van der Waals surface area contributed by atoms with Crippen molar-refractivity contribution in [2.24, 2.45) is 5.92 Å². The lowest BCUT2D eigenvalue weighted by Crippen LogP contribution is -2.43. The van der Waals surface area contributed by atoms with E-state index < -0.39 is 18.0 Å². The third kappa shape index (κ3) is 5.32. The minimum absolute atomic E-state index is 0.130. The molecule has 2 amide bonds. The van der Waals surface area contributed by atoms with E-state index in [9.17, 15) is 9.59 Å². The fraction of sp³-hybridized carbons (Fsp3) is 0.357. The van der Waals surface area contributed by atoms with Crippen LogP contribution < -0.4 is 10.6 Å². The minimum atomic E-state index is -1.09. The number of urea groups is 1. The van der Waals surface area contributed by atoms with Crippen LogP contribution in [0.2, 0.25) is 5.02 Å². The highest BCUT2D eigenvalue weighted by Gasteiger charge is 2.21. The summed E-state index contributed by atoms with van der Waals surface area (Å²) in [6.07, 6.45) is 0.323. The van der Waals surface area contributed by atoms with Crippen LogP contribution in [0.25, 0.3) is 0 Å². The first-order chi connectivity index (χ1) is 9.83. The molecule has 1 atom stereocenters. The number of nitrogens with zero attached hydrogens (tertiary/aromatic N) is 1. The van der Waals surface area contributed by atoms with Crippen LogP contribution >= 0.6 is 11.6 Å². The second-order valence-corrected chi connectivity index (χ2v) is 5.33. The first-order valence-corrected chi connectivity index (χ1v) is 6.71. The predicted octanol–water partition coefficient (Wildman–Crippen LogP) is 2.83. The number of carbonyl (C=O) groups is 2. The fourth-order valence-electron chi connectivity index (χ4n) is 1.70. The number of amides is 2. The van der Waals surface area contributed by atoms with Gasteiger partial charge in [-0.1, -0.05) is 25.4 Å². The lowest BCUT2D eigenvalue weighted by Gasteiger charge is -2.17. The van der Waals surface area contributed by atoms with Gasteiger partial charge in [-0.3, -0.25) is 0 Å². The van der Waals surface area contributed by atoms with Crippen molar-refractivity contribution < 1.29 is 14.7 Å². The lowest BCUT2D eigenvalue weighted by atomic mass is 10.0. The first-order valence-electron chi connectivity index (χ1n) is 6.33. The van der Waals surface area contributed by atoms with E-state index in [4.69, 9.17) is 22.0 Å². The Bertz CT molecular complexity index is 581. The van der Waals surface area contributed by atoms with Gasteiger partial charge in [0.2, 0.25) is 0 Å². The molecule has 1 aromatic carbocycles. The molecule has 0 saturated carbocycles. The van der Waals surface area contributed by atoms with Crippen molar-refractivity contribution in [2.45, 2.75) is 26.3 Å². The maximum Gasteiger partial charge on any atom is 0.326 e. The standard InChI is InChI=1S/C14H16ClN3O3/c1-8(2)5-12(13(19)20)18-14(21)17-11-4-3-9(7-16)6-10(11)15/h3-4,6,8,12H,5H2,1-2H3,(H,19,20)(H2,17,18,21)/t12-/m0/s1. The average Bonchev–Trinajstić information content (AvgIpc) is 2.39. The summed E-state index contributed by atoms with van der Waals surface area (Å²) in [6.45, 7) is 3.74. The molecule has 0 radical (unpaired) electrons. The Morgan fingerprint density at radius 2 is 2.10 bits per heavy atom. The monoisotopic (exact) mass is 309 g/mol. The van der Waals surface area contributed by atoms with Gasteiger partial charge in [-0.05, 0) is 30.5 Å². The molecule has 0 saturated heterocycles. The first kappa shape index (κ1) is 16.8. The highest BCUT2D eigenvalue weighted by molar-refractivity contribution is 6.33. The van der Waals surface area contributed by atoms with Crippen LogP contribution in [0.1, 0.15) is 25.8 Å². The quantitative estimate of drug-likeness (QED) is 0.778. The van der Waals surface area contributed by atoms with Crippen molar-refractivity contribution in [1.82, 2.24) is 5.32 Å². The number of aliphatic carboxylic acids is 1. The van der Waals surface area contributed by atoms with E-state index in [2.05, 4.69) is 10.6 Å². The van der Waals surface area contributed by atoms with Gasteiger partial charge in [0.25, 0.3) is 0 Å². The maximum absolute atomic E-state index is 11.8. The largest absolute Gasteiger partial charge is 0.480 e. The molecule has 0 bridgehead atoms. The molecule has 3 N–H and O–H groups in total. The third-order valence-electron chi connectivity index (χ3n) is 2.66. The minimum Gasteiger partial charge on any atom is -0.480 e. The van der Waals surface area contributed by atoms with Gasteiger partial charge in [-0.15, -0.1) is 0 Å². The Kier molecular flexibility index (Phi) is 6.00. The molecule has 0 spiro atoms. The maximum atomic E-state index is 11.8. The predicted molar refractivity (Wildman–Crippen MR) is 79.2 cm³/mol. The Morgan fingerprint density at radius 1 is 1.43 bits per heavy atom. The van der Waals surface area contributed by atoms with Gasteiger partial charge in [-0.2, -0.15) is 5.26 Å². The van der Waals surface area contributed by atoms with Crippen molar-refractivity contribution in [2.75, 3.05) is 5.32 Å². The van der Waals surface area contributed by atoms with E-state index >= 15 is 0 Å². The Morgan fingerprint density at radius 3 is 2.57 bits per heavy atom. The molecule has 0 aromatic heterocycles. The summed E-state index contributed by atoms with van der Waals surface area (Å²) >= 11 is 5.93. The molecule has 0 fully saturated rings.